The minimum absolute atomic E-state index is 0.0328. The lowest BCUT2D eigenvalue weighted by molar-refractivity contribution is -0.148. The molecule has 9 aromatic heterocycles. The van der Waals surface area contributed by atoms with E-state index >= 15 is 0 Å². The Morgan fingerprint density at radius 3 is 1.27 bits per heavy atom. The van der Waals surface area contributed by atoms with Crippen molar-refractivity contribution >= 4 is 101 Å². The summed E-state index contributed by atoms with van der Waals surface area (Å²) in [5, 5.41) is 23.7. The van der Waals surface area contributed by atoms with Gasteiger partial charge in [-0.1, -0.05) is 138 Å². The SMILES string of the molecule is CC(C)(C)C(=O)c1c[nH]c2ncc(-c3cccc(N4CCn5c(nnc5C(F)(F)F)C4)c3)nc12.CC(C)(C)C(=O)c1cn(COCC[Si](C)(C)C)c2ncc(-c3cccc(I)c3)nc12.CC(C)(C)C(=O)c1cn(COCC[Si](C)(C)C)c2ncc(-c3cccc(N4CCn5c(nnc5C(F)(F)F)C4)c3)nc12.FC(F)(F)c1nnc2n1CCNC2. The quantitative estimate of drug-likeness (QED) is 0.0265. The molecule has 0 radical (unpaired) electrons. The number of carbonyl (C=O) groups is 3. The highest BCUT2D eigenvalue weighted by molar-refractivity contribution is 14.1. The maximum atomic E-state index is 13.4. The Balaban J connectivity index is 0.000000154. The molecule has 12 heterocycles. The van der Waals surface area contributed by atoms with Crippen LogP contribution < -0.4 is 15.1 Å². The van der Waals surface area contributed by atoms with Crippen LogP contribution in [-0.4, -0.2) is 155 Å². The topological polar surface area (TPSA) is 283 Å². The third-order valence-electron chi connectivity index (χ3n) is 19.8. The van der Waals surface area contributed by atoms with Gasteiger partial charge in [-0.25, -0.2) is 29.9 Å². The first-order valence-electron chi connectivity index (χ1n) is 38.7. The molecule has 0 aliphatic carbocycles. The van der Waals surface area contributed by atoms with Crippen molar-refractivity contribution in [2.75, 3.05) is 42.6 Å². The summed E-state index contributed by atoms with van der Waals surface area (Å²) < 4.78 is 136. The monoisotopic (exact) mass is 1800 g/mol. The van der Waals surface area contributed by atoms with Gasteiger partial charge >= 0.3 is 18.5 Å². The molecule has 0 spiro atoms. The Labute approximate surface area is 696 Å². The number of halogens is 10. The summed E-state index contributed by atoms with van der Waals surface area (Å²) in [7, 11) is -2.40. The summed E-state index contributed by atoms with van der Waals surface area (Å²) in [4.78, 5) is 74.6. The minimum atomic E-state index is -4.54. The van der Waals surface area contributed by atoms with Crippen molar-refractivity contribution < 1.29 is 63.4 Å². The van der Waals surface area contributed by atoms with Crippen LogP contribution >= 0.6 is 22.6 Å². The van der Waals surface area contributed by atoms with Crippen molar-refractivity contribution in [1.29, 1.82) is 0 Å². The number of aromatic nitrogens is 18. The van der Waals surface area contributed by atoms with Gasteiger partial charge in [-0.15, -0.1) is 30.6 Å². The van der Waals surface area contributed by atoms with E-state index in [0.29, 0.717) is 114 Å². The molecule has 15 rings (SSSR count). The molecule has 3 aliphatic rings. The van der Waals surface area contributed by atoms with Crippen LogP contribution in [0.5, 0.6) is 0 Å². The number of anilines is 2. The summed E-state index contributed by atoms with van der Waals surface area (Å²) in [6.07, 6.45) is -3.12. The maximum Gasteiger partial charge on any atom is 0.451 e. The van der Waals surface area contributed by atoms with Crippen molar-refractivity contribution in [2.45, 2.75) is 185 Å². The largest absolute Gasteiger partial charge is 0.451 e. The molecule has 0 saturated carbocycles. The van der Waals surface area contributed by atoms with E-state index in [9.17, 15) is 53.9 Å². The number of benzene rings is 3. The molecule has 0 atom stereocenters. The average Bonchev–Trinajstić information content (AvgIpc) is 1.72. The van der Waals surface area contributed by atoms with Gasteiger partial charge in [-0.3, -0.25) is 14.4 Å². The fourth-order valence-electron chi connectivity index (χ4n) is 13.3. The molecule has 0 saturated heterocycles. The Morgan fingerprint density at radius 2 is 0.857 bits per heavy atom. The number of nitrogens with one attached hydrogen (secondary N) is 2. The highest BCUT2D eigenvalue weighted by atomic mass is 127. The van der Waals surface area contributed by atoms with Gasteiger partial charge in [-0.05, 0) is 71.1 Å². The van der Waals surface area contributed by atoms with Gasteiger partial charge in [0.05, 0.1) is 72.0 Å². The molecular weight excluding hydrogens is 1700 g/mol. The number of fused-ring (bicyclic) bond motifs is 6. The number of Topliss-reactive ketones (excluding diaryl/α,β-unsaturated/α-hetero) is 3. The lowest BCUT2D eigenvalue weighted by atomic mass is 9.87. The molecule has 0 fully saturated rings. The number of H-pyrrole nitrogens is 1. The first-order valence-corrected chi connectivity index (χ1v) is 47.2. The summed E-state index contributed by atoms with van der Waals surface area (Å²) in [6, 6.07) is 25.4. The van der Waals surface area contributed by atoms with Crippen molar-refractivity contribution in [3.63, 3.8) is 0 Å². The van der Waals surface area contributed by atoms with E-state index in [1.807, 2.05) is 154 Å². The summed E-state index contributed by atoms with van der Waals surface area (Å²) in [5.41, 5.74) is 9.49. The predicted octanol–water partition coefficient (Wildman–Crippen LogP) is 17.4. The maximum absolute atomic E-state index is 13.4. The van der Waals surface area contributed by atoms with Gasteiger partial charge < -0.3 is 52.4 Å². The van der Waals surface area contributed by atoms with Gasteiger partial charge in [-0.2, -0.15) is 39.5 Å². The number of alkyl halides is 9. The highest BCUT2D eigenvalue weighted by Gasteiger charge is 2.43. The summed E-state index contributed by atoms with van der Waals surface area (Å²) in [5.74, 6) is -1.97. The predicted molar refractivity (Wildman–Crippen MR) is 446 cm³/mol. The van der Waals surface area contributed by atoms with Crippen LogP contribution in [0.3, 0.4) is 0 Å². The molecule has 12 aromatic rings. The highest BCUT2D eigenvalue weighted by Crippen LogP contribution is 2.38. The van der Waals surface area contributed by atoms with Gasteiger partial charge in [0.15, 0.2) is 45.9 Å². The molecule has 119 heavy (non-hydrogen) atoms. The average molecular weight is 1800 g/mol. The third kappa shape index (κ3) is 21.1. The van der Waals surface area contributed by atoms with Crippen molar-refractivity contribution in [3.05, 3.63) is 165 Å². The van der Waals surface area contributed by atoms with Crippen LogP contribution in [0.2, 0.25) is 51.4 Å². The lowest BCUT2D eigenvalue weighted by Gasteiger charge is -2.30. The summed E-state index contributed by atoms with van der Waals surface area (Å²) >= 11 is 2.29. The Hall–Kier alpha value is -10.0. The first-order chi connectivity index (χ1) is 55.7. The smallest absolute Gasteiger partial charge is 0.362 e. The van der Waals surface area contributed by atoms with Crippen LogP contribution in [0.4, 0.5) is 50.9 Å². The molecular formula is C81H95F9IN21O5Si2. The second-order valence-corrected chi connectivity index (χ2v) is 47.4. The van der Waals surface area contributed by atoms with Crippen LogP contribution in [0.25, 0.3) is 67.3 Å². The van der Waals surface area contributed by atoms with Crippen molar-refractivity contribution in [3.8, 4) is 33.8 Å². The van der Waals surface area contributed by atoms with Gasteiger partial charge in [0.25, 0.3) is 0 Å². The van der Waals surface area contributed by atoms with E-state index < -0.39 is 68.4 Å². The summed E-state index contributed by atoms with van der Waals surface area (Å²) in [6.45, 7) is 35.4. The van der Waals surface area contributed by atoms with E-state index in [1.54, 1.807) is 31.0 Å². The van der Waals surface area contributed by atoms with Gasteiger partial charge in [0.2, 0.25) is 17.5 Å². The van der Waals surface area contributed by atoms with Gasteiger partial charge in [0, 0.05) is 135 Å². The molecule has 0 unspecified atom stereocenters. The van der Waals surface area contributed by atoms with E-state index in [2.05, 4.69) is 119 Å². The van der Waals surface area contributed by atoms with Crippen LogP contribution in [-0.2, 0) is 80.7 Å². The van der Waals surface area contributed by atoms with Gasteiger partial charge in [0.1, 0.15) is 35.8 Å². The molecule has 3 aliphatic heterocycles. The third-order valence-corrected chi connectivity index (χ3v) is 23.8. The van der Waals surface area contributed by atoms with E-state index in [-0.39, 0.29) is 68.5 Å². The molecule has 2 N–H and O–H groups in total. The van der Waals surface area contributed by atoms with Crippen molar-refractivity contribution in [1.82, 2.24) is 93.6 Å². The zero-order valence-corrected chi connectivity index (χ0v) is 73.0. The number of carbonyl (C=O) groups excluding carboxylic acids is 3. The van der Waals surface area contributed by atoms with Crippen LogP contribution in [0.1, 0.15) is 128 Å². The standard InChI is InChI=1S/C29H36F3N7O2Si.C23H22F3N7O.C23H30IN3O2Si.C6H7F3N4/c1-28(2,3)25(40)21-16-38(18-41-12-13-42(4,5)6)26-24(21)34-22(15-33-26)19-8-7-9-20(14-19)37-10-11-39-23(17-37)35-36-27(39)29(30,31)32;1-22(2,3)19(34)15-10-27-20-18(15)29-16(11-28-20)13-5-4-6-14(9-13)32-7-8-33-17(12-32)30-31-21(33)23(24,25)26;1-23(2,3)21(28)18-14-27(15-29-10-11-30(4,5)6)22-20(18)26-19(13-25-22)16-8-7-9-17(24)12-16;7-6(8,9)5-12-11-4-3-10-1-2-13(4)5/h7-9,14-16H,10-13,17-18H2,1-6H3;4-6,9-11H,7-8,12H2,1-3H3,(H,27,28);7-9,12-14H,10-11,15H2,1-6H3;10H,1-3H2. The normalized spacial score (nSPS) is 14.3. The second-order valence-electron chi connectivity index (χ2n) is 34.9. The number of aromatic amines is 1. The number of ether oxygens (including phenoxy) is 2. The van der Waals surface area contributed by atoms with Crippen LogP contribution in [0.15, 0.2) is 110 Å². The molecule has 3 aromatic carbocycles. The van der Waals surface area contributed by atoms with Crippen molar-refractivity contribution in [2.24, 2.45) is 16.2 Å². The Kier molecular flexibility index (Phi) is 25.7. The first kappa shape index (κ1) is 88.3. The molecule has 38 heteroatoms. The molecule has 0 amide bonds. The minimum Gasteiger partial charge on any atom is -0.362 e. The zero-order valence-electron chi connectivity index (χ0n) is 68.8. The Morgan fingerprint density at radius 1 is 0.471 bits per heavy atom. The molecule has 26 nitrogen and oxygen atoms in total. The number of ketones is 3. The molecule has 632 valence electrons. The Bertz CT molecular complexity index is 5700. The molecule has 0 bridgehead atoms. The number of nitrogens with zero attached hydrogens (tertiary/aromatic N) is 19. The van der Waals surface area contributed by atoms with E-state index in [4.69, 9.17) is 29.4 Å². The number of rotatable bonds is 18. The number of hydrogen-bond donors (Lipinski definition) is 2. The van der Waals surface area contributed by atoms with E-state index in [1.165, 1.54) is 0 Å². The lowest BCUT2D eigenvalue weighted by Crippen LogP contribution is -2.35. The fraction of sp³-hybridized carbons (Fsp3) is 0.444. The van der Waals surface area contributed by atoms with E-state index in [0.717, 1.165) is 63.1 Å². The number of hydrogen-bond acceptors (Lipinski definition) is 20. The second kappa shape index (κ2) is 34.6. The fourth-order valence-corrected chi connectivity index (χ4v) is 15.3. The zero-order chi connectivity index (χ0) is 86.3. The van der Waals surface area contributed by atoms with Crippen LogP contribution in [0, 0.1) is 19.8 Å².